The fourth-order valence-electron chi connectivity index (χ4n) is 2.95. The van der Waals surface area contributed by atoms with E-state index in [1.54, 1.807) is 24.4 Å². The highest BCUT2D eigenvalue weighted by atomic mass is 35.5. The maximum Gasteiger partial charge on any atom is 0.224 e. The van der Waals surface area contributed by atoms with E-state index in [2.05, 4.69) is 21.3 Å². The minimum Gasteiger partial charge on any atom is -0.383 e. The van der Waals surface area contributed by atoms with Crippen molar-refractivity contribution in [3.8, 4) is 6.07 Å². The van der Waals surface area contributed by atoms with E-state index in [0.29, 0.717) is 42.3 Å². The number of carbonyl (C=O) groups excluding carboxylic acids is 1. The first-order valence-electron chi connectivity index (χ1n) is 8.54. The zero-order valence-electron chi connectivity index (χ0n) is 14.4. The minimum absolute atomic E-state index is 0.110. The molecule has 26 heavy (non-hydrogen) atoms. The summed E-state index contributed by atoms with van der Waals surface area (Å²) in [7, 11) is 0. The molecule has 2 heterocycles. The van der Waals surface area contributed by atoms with Gasteiger partial charge in [-0.25, -0.2) is 4.98 Å². The summed E-state index contributed by atoms with van der Waals surface area (Å²) in [5.74, 6) is 1.06. The van der Waals surface area contributed by atoms with Gasteiger partial charge in [-0.05, 0) is 30.3 Å². The molecule has 7 heteroatoms. The molecule has 134 valence electrons. The van der Waals surface area contributed by atoms with E-state index < -0.39 is 0 Å². The van der Waals surface area contributed by atoms with Crippen LogP contribution in [-0.4, -0.2) is 48.5 Å². The Morgan fingerprint density at radius 1 is 1.23 bits per heavy atom. The smallest absolute Gasteiger partial charge is 0.224 e. The molecule has 0 spiro atoms. The third-order valence-corrected chi connectivity index (χ3v) is 4.60. The van der Waals surface area contributed by atoms with Crippen molar-refractivity contribution in [3.05, 3.63) is 53.2 Å². The van der Waals surface area contributed by atoms with Gasteiger partial charge in [0, 0.05) is 50.4 Å². The van der Waals surface area contributed by atoms with E-state index in [1.807, 2.05) is 23.1 Å². The van der Waals surface area contributed by atoms with E-state index in [1.165, 1.54) is 0 Å². The number of halogens is 1. The molecule has 2 aromatic rings. The van der Waals surface area contributed by atoms with Gasteiger partial charge in [0.05, 0.1) is 11.3 Å². The number of nitrogens with one attached hydrogen (secondary N) is 1. The molecule has 0 radical (unpaired) electrons. The summed E-state index contributed by atoms with van der Waals surface area (Å²) in [6.07, 6.45) is 2.16. The summed E-state index contributed by atoms with van der Waals surface area (Å²) in [6, 6.07) is 13.0. The summed E-state index contributed by atoms with van der Waals surface area (Å²) in [4.78, 5) is 20.8. The van der Waals surface area contributed by atoms with Gasteiger partial charge < -0.3 is 15.1 Å². The highest BCUT2D eigenvalue weighted by Gasteiger charge is 2.21. The van der Waals surface area contributed by atoms with Crippen molar-refractivity contribution in [2.24, 2.45) is 0 Å². The number of nitrogens with zero attached hydrogens (tertiary/aromatic N) is 4. The van der Waals surface area contributed by atoms with Gasteiger partial charge in [0.1, 0.15) is 11.9 Å². The number of benzene rings is 1. The van der Waals surface area contributed by atoms with Crippen molar-refractivity contribution in [3.63, 3.8) is 0 Å². The Kier molecular flexibility index (Phi) is 5.92. The highest BCUT2D eigenvalue weighted by molar-refractivity contribution is 6.30. The number of aromatic nitrogens is 1. The Labute approximate surface area is 158 Å². The number of piperazine rings is 1. The normalized spacial score (nSPS) is 14.0. The average molecular weight is 370 g/mol. The van der Waals surface area contributed by atoms with Crippen molar-refractivity contribution in [2.75, 3.05) is 42.9 Å². The van der Waals surface area contributed by atoms with Gasteiger partial charge in [-0.3, -0.25) is 4.79 Å². The van der Waals surface area contributed by atoms with Crippen molar-refractivity contribution in [1.82, 2.24) is 9.88 Å². The summed E-state index contributed by atoms with van der Waals surface area (Å²) < 4.78 is 0. The minimum atomic E-state index is 0.110. The summed E-state index contributed by atoms with van der Waals surface area (Å²) in [5, 5.41) is 12.8. The molecule has 1 saturated heterocycles. The number of hydrogen-bond acceptors (Lipinski definition) is 5. The molecule has 0 saturated carbocycles. The number of carbonyl (C=O) groups is 1. The first kappa shape index (κ1) is 18.0. The quantitative estimate of drug-likeness (QED) is 0.877. The van der Waals surface area contributed by atoms with E-state index >= 15 is 0 Å². The van der Waals surface area contributed by atoms with Gasteiger partial charge in [0.2, 0.25) is 5.91 Å². The second kappa shape index (κ2) is 8.54. The molecule has 3 rings (SSSR count). The predicted molar refractivity (Wildman–Crippen MR) is 102 cm³/mol. The zero-order valence-corrected chi connectivity index (χ0v) is 15.1. The first-order chi connectivity index (χ1) is 12.7. The van der Waals surface area contributed by atoms with Crippen LogP contribution >= 0.6 is 11.6 Å². The third-order valence-electron chi connectivity index (χ3n) is 4.36. The van der Waals surface area contributed by atoms with Crippen LogP contribution in [0.5, 0.6) is 0 Å². The summed E-state index contributed by atoms with van der Waals surface area (Å²) >= 11 is 5.97. The molecular formula is C19H20ClN5O. The Morgan fingerprint density at radius 2 is 2.04 bits per heavy atom. The fourth-order valence-corrected chi connectivity index (χ4v) is 3.12. The second-order valence-corrected chi connectivity index (χ2v) is 6.47. The molecule has 6 nitrogen and oxygen atoms in total. The van der Waals surface area contributed by atoms with Gasteiger partial charge in [-0.1, -0.05) is 17.7 Å². The molecule has 0 aliphatic carbocycles. The van der Waals surface area contributed by atoms with E-state index in [0.717, 1.165) is 18.9 Å². The van der Waals surface area contributed by atoms with Crippen LogP contribution in [0.3, 0.4) is 0 Å². The lowest BCUT2D eigenvalue weighted by molar-refractivity contribution is -0.131. The largest absolute Gasteiger partial charge is 0.383 e. The van der Waals surface area contributed by atoms with Gasteiger partial charge in [-0.2, -0.15) is 5.26 Å². The van der Waals surface area contributed by atoms with Crippen LogP contribution in [0.2, 0.25) is 5.02 Å². The van der Waals surface area contributed by atoms with E-state index in [-0.39, 0.29) is 5.91 Å². The fraction of sp³-hybridized carbons (Fsp3) is 0.316. The number of rotatable bonds is 5. The van der Waals surface area contributed by atoms with Crippen LogP contribution in [0.4, 0.5) is 11.5 Å². The molecule has 1 aliphatic rings. The Hall–Kier alpha value is -2.78. The lowest BCUT2D eigenvalue weighted by Crippen LogP contribution is -2.49. The number of pyridine rings is 1. The van der Waals surface area contributed by atoms with E-state index in [9.17, 15) is 4.79 Å². The number of hydrogen-bond donors (Lipinski definition) is 1. The molecule has 1 amide bonds. The molecule has 1 N–H and O–H groups in total. The summed E-state index contributed by atoms with van der Waals surface area (Å²) in [5.41, 5.74) is 1.18. The second-order valence-electron chi connectivity index (χ2n) is 6.03. The first-order valence-corrected chi connectivity index (χ1v) is 8.92. The monoisotopic (exact) mass is 369 g/mol. The molecule has 1 aliphatic heterocycles. The van der Waals surface area contributed by atoms with E-state index in [4.69, 9.17) is 16.9 Å². The van der Waals surface area contributed by atoms with Crippen molar-refractivity contribution in [2.45, 2.75) is 6.42 Å². The average Bonchev–Trinajstić information content (AvgIpc) is 2.69. The SMILES string of the molecule is N#Cc1ccc(Cl)cc1NCCC(=O)N1CCN(c2ccccn2)CC1. The standard InChI is InChI=1S/C19H20ClN5O/c20-16-5-4-15(14-21)17(13-16)22-8-6-19(26)25-11-9-24(10-12-25)18-3-1-2-7-23-18/h1-5,7,13,22H,6,8-12H2. The topological polar surface area (TPSA) is 72.3 Å². The lowest BCUT2D eigenvalue weighted by atomic mass is 10.2. The van der Waals surface area contributed by atoms with Gasteiger partial charge in [0.25, 0.3) is 0 Å². The van der Waals surface area contributed by atoms with Gasteiger partial charge in [0.15, 0.2) is 0 Å². The number of anilines is 2. The Morgan fingerprint density at radius 3 is 2.73 bits per heavy atom. The zero-order chi connectivity index (χ0) is 18.4. The predicted octanol–water partition coefficient (Wildman–Crippen LogP) is 2.76. The molecule has 1 aromatic heterocycles. The molecule has 1 fully saturated rings. The van der Waals surface area contributed by atoms with Crippen LogP contribution < -0.4 is 10.2 Å². The lowest BCUT2D eigenvalue weighted by Gasteiger charge is -2.35. The Bertz CT molecular complexity index is 797. The molecule has 1 aromatic carbocycles. The summed E-state index contributed by atoms with van der Waals surface area (Å²) in [6.45, 7) is 3.41. The van der Waals surface area contributed by atoms with Crippen molar-refractivity contribution < 1.29 is 4.79 Å². The van der Waals surface area contributed by atoms with Crippen LogP contribution in [0.15, 0.2) is 42.6 Å². The highest BCUT2D eigenvalue weighted by Crippen LogP contribution is 2.20. The van der Waals surface area contributed by atoms with Crippen LogP contribution in [0.1, 0.15) is 12.0 Å². The number of nitriles is 1. The molecular weight excluding hydrogens is 350 g/mol. The maximum absolute atomic E-state index is 12.4. The Balaban J connectivity index is 1.47. The van der Waals surface area contributed by atoms with Crippen molar-refractivity contribution >= 4 is 29.0 Å². The number of amides is 1. The van der Waals surface area contributed by atoms with Crippen LogP contribution in [0.25, 0.3) is 0 Å². The third kappa shape index (κ3) is 4.44. The van der Waals surface area contributed by atoms with Crippen molar-refractivity contribution in [1.29, 1.82) is 5.26 Å². The van der Waals surface area contributed by atoms with Gasteiger partial charge in [-0.15, -0.1) is 0 Å². The van der Waals surface area contributed by atoms with Gasteiger partial charge >= 0.3 is 0 Å². The molecule has 0 bridgehead atoms. The van der Waals surface area contributed by atoms with Crippen LogP contribution in [0, 0.1) is 11.3 Å². The van der Waals surface area contributed by atoms with Crippen LogP contribution in [-0.2, 0) is 4.79 Å². The molecule has 0 unspecified atom stereocenters. The maximum atomic E-state index is 12.4. The molecule has 0 atom stereocenters.